The first kappa shape index (κ1) is 36.2. The molecular formula is C46H48N8. The van der Waals surface area contributed by atoms with Gasteiger partial charge in [-0.2, -0.15) is 4.98 Å². The van der Waals surface area contributed by atoms with Crippen molar-refractivity contribution < 1.29 is 0 Å². The Morgan fingerprint density at radius 1 is 0.611 bits per heavy atom. The summed E-state index contributed by atoms with van der Waals surface area (Å²) in [5.74, 6) is 2.44. The Hall–Kier alpha value is -6.15. The number of aromatic nitrogens is 6. The van der Waals surface area contributed by atoms with Crippen LogP contribution in [0.4, 0.5) is 11.8 Å². The second-order valence-electron chi connectivity index (χ2n) is 13.6. The SMILES string of the molecule is CCCCN(Cc1ccc(-c2ccccc2-c2nnnn2C(c2ccccc2)(c2ccccc2)c2ccccc2)cc1)c1nc(C)cc(N(CC)CC)n1. The number of hydrogen-bond donors (Lipinski definition) is 0. The van der Waals surface area contributed by atoms with Crippen LogP contribution in [-0.4, -0.2) is 49.8 Å². The zero-order chi connectivity index (χ0) is 37.3. The van der Waals surface area contributed by atoms with Gasteiger partial charge in [0, 0.05) is 43.5 Å². The van der Waals surface area contributed by atoms with E-state index in [0.717, 1.165) is 89.9 Å². The Kier molecular flexibility index (Phi) is 11.2. The minimum absolute atomic E-state index is 0.678. The van der Waals surface area contributed by atoms with Crippen LogP contribution in [0.5, 0.6) is 0 Å². The topological polar surface area (TPSA) is 75.9 Å². The quantitative estimate of drug-likeness (QED) is 0.0981. The fourth-order valence-electron chi connectivity index (χ4n) is 7.41. The van der Waals surface area contributed by atoms with Crippen LogP contribution < -0.4 is 9.80 Å². The second-order valence-corrected chi connectivity index (χ2v) is 13.6. The lowest BCUT2D eigenvalue weighted by atomic mass is 9.77. The van der Waals surface area contributed by atoms with Crippen molar-refractivity contribution in [3.63, 3.8) is 0 Å². The average Bonchev–Trinajstić information content (AvgIpc) is 3.72. The van der Waals surface area contributed by atoms with Gasteiger partial charge < -0.3 is 9.80 Å². The van der Waals surface area contributed by atoms with Gasteiger partial charge >= 0.3 is 0 Å². The van der Waals surface area contributed by atoms with Gasteiger partial charge in [0.25, 0.3) is 0 Å². The molecule has 2 heterocycles. The summed E-state index contributed by atoms with van der Waals surface area (Å²) >= 11 is 0. The van der Waals surface area contributed by atoms with Crippen molar-refractivity contribution in [1.29, 1.82) is 0 Å². The third kappa shape index (κ3) is 7.24. The fourth-order valence-corrected chi connectivity index (χ4v) is 7.41. The number of aryl methyl sites for hydroxylation is 1. The van der Waals surface area contributed by atoms with E-state index in [9.17, 15) is 0 Å². The zero-order valence-electron chi connectivity index (χ0n) is 31.7. The first-order chi connectivity index (χ1) is 26.6. The molecule has 0 radical (unpaired) electrons. The summed E-state index contributed by atoms with van der Waals surface area (Å²) in [6.07, 6.45) is 2.16. The van der Waals surface area contributed by atoms with Gasteiger partial charge in [-0.15, -0.1) is 5.10 Å². The predicted octanol–water partition coefficient (Wildman–Crippen LogP) is 9.60. The van der Waals surface area contributed by atoms with Crippen molar-refractivity contribution >= 4 is 11.8 Å². The molecule has 8 heteroatoms. The second kappa shape index (κ2) is 16.7. The van der Waals surface area contributed by atoms with Crippen LogP contribution >= 0.6 is 0 Å². The first-order valence-electron chi connectivity index (χ1n) is 19.1. The van der Waals surface area contributed by atoms with Gasteiger partial charge in [0.15, 0.2) is 5.82 Å². The fraction of sp³-hybridized carbons (Fsp3) is 0.239. The molecule has 0 aliphatic heterocycles. The third-order valence-corrected chi connectivity index (χ3v) is 10.1. The molecule has 7 aromatic rings. The van der Waals surface area contributed by atoms with Crippen molar-refractivity contribution in [3.8, 4) is 22.5 Å². The zero-order valence-corrected chi connectivity index (χ0v) is 31.7. The lowest BCUT2D eigenvalue weighted by Gasteiger charge is -2.36. The molecule has 0 atom stereocenters. The normalized spacial score (nSPS) is 11.4. The van der Waals surface area contributed by atoms with E-state index in [2.05, 4.69) is 170 Å². The molecule has 8 nitrogen and oxygen atoms in total. The molecule has 7 rings (SSSR count). The van der Waals surface area contributed by atoms with E-state index < -0.39 is 5.54 Å². The Labute approximate surface area is 319 Å². The molecule has 0 saturated carbocycles. The van der Waals surface area contributed by atoms with Crippen molar-refractivity contribution in [2.24, 2.45) is 0 Å². The number of benzene rings is 5. The molecule has 0 unspecified atom stereocenters. The molecule has 2 aromatic heterocycles. The Balaban J connectivity index is 1.29. The summed E-state index contributed by atoms with van der Waals surface area (Å²) in [5.41, 5.74) is 7.61. The molecule has 0 aliphatic rings. The number of tetrazole rings is 1. The standard InChI is InChI=1S/C46H48N8/c1-5-8-32-53(45-47-35(4)33-43(48-45)52(6-2)7-3)34-36-28-30-37(31-29-36)41-26-18-19-27-42(41)44-49-50-51-54(44)46(38-20-12-9-13-21-38,39-22-14-10-15-23-39)40-24-16-11-17-25-40/h9-31,33H,5-8,32,34H2,1-4H3. The highest BCUT2D eigenvalue weighted by Gasteiger charge is 2.42. The number of nitrogens with zero attached hydrogens (tertiary/aromatic N) is 8. The molecule has 54 heavy (non-hydrogen) atoms. The summed E-state index contributed by atoms with van der Waals surface area (Å²) in [6.45, 7) is 12.0. The summed E-state index contributed by atoms with van der Waals surface area (Å²) in [4.78, 5) is 14.5. The van der Waals surface area contributed by atoms with E-state index in [1.54, 1.807) is 0 Å². The van der Waals surface area contributed by atoms with Crippen molar-refractivity contribution in [1.82, 2.24) is 30.2 Å². The van der Waals surface area contributed by atoms with Gasteiger partial charge in [0.1, 0.15) is 11.4 Å². The maximum atomic E-state index is 5.04. The Morgan fingerprint density at radius 3 is 1.72 bits per heavy atom. The predicted molar refractivity (Wildman–Crippen MR) is 220 cm³/mol. The molecule has 0 saturated heterocycles. The van der Waals surface area contributed by atoms with Crippen LogP contribution in [0.15, 0.2) is 146 Å². The number of anilines is 2. The summed E-state index contributed by atoms with van der Waals surface area (Å²) in [6, 6.07) is 50.9. The van der Waals surface area contributed by atoms with Crippen molar-refractivity contribution in [2.45, 2.75) is 52.6 Å². The summed E-state index contributed by atoms with van der Waals surface area (Å²) in [7, 11) is 0. The van der Waals surface area contributed by atoms with Gasteiger partial charge in [0.05, 0.1) is 0 Å². The molecule has 0 aliphatic carbocycles. The van der Waals surface area contributed by atoms with Gasteiger partial charge in [-0.05, 0) is 71.0 Å². The third-order valence-electron chi connectivity index (χ3n) is 10.1. The highest BCUT2D eigenvalue weighted by atomic mass is 15.6. The van der Waals surface area contributed by atoms with E-state index in [4.69, 9.17) is 20.3 Å². The molecule has 0 spiro atoms. The van der Waals surface area contributed by atoms with Crippen LogP contribution in [0.1, 0.15) is 61.6 Å². The molecule has 5 aromatic carbocycles. The number of unbranched alkanes of at least 4 members (excludes halogenated alkanes) is 1. The highest BCUT2D eigenvalue weighted by molar-refractivity contribution is 5.81. The lowest BCUT2D eigenvalue weighted by Crippen LogP contribution is -2.39. The number of rotatable bonds is 15. The van der Waals surface area contributed by atoms with Crippen molar-refractivity contribution in [3.05, 3.63) is 174 Å². The minimum Gasteiger partial charge on any atom is -0.357 e. The van der Waals surface area contributed by atoms with Gasteiger partial charge in [-0.3, -0.25) is 0 Å². The van der Waals surface area contributed by atoms with E-state index in [-0.39, 0.29) is 0 Å². The molecular weight excluding hydrogens is 665 g/mol. The maximum Gasteiger partial charge on any atom is 0.227 e. The molecule has 272 valence electrons. The average molecular weight is 713 g/mol. The van der Waals surface area contributed by atoms with Crippen LogP contribution in [0.25, 0.3) is 22.5 Å². The molecule has 0 amide bonds. The van der Waals surface area contributed by atoms with Crippen LogP contribution in [0, 0.1) is 6.92 Å². The maximum absolute atomic E-state index is 5.04. The van der Waals surface area contributed by atoms with Crippen LogP contribution in [0.3, 0.4) is 0 Å². The van der Waals surface area contributed by atoms with Gasteiger partial charge in [0.2, 0.25) is 5.95 Å². The minimum atomic E-state index is -0.843. The molecule has 0 N–H and O–H groups in total. The first-order valence-corrected chi connectivity index (χ1v) is 19.1. The Bertz CT molecular complexity index is 2130. The number of hydrogen-bond acceptors (Lipinski definition) is 7. The molecule has 0 fully saturated rings. The smallest absolute Gasteiger partial charge is 0.227 e. The monoisotopic (exact) mass is 712 g/mol. The van der Waals surface area contributed by atoms with E-state index in [0.29, 0.717) is 5.82 Å². The van der Waals surface area contributed by atoms with E-state index in [1.165, 1.54) is 5.56 Å². The van der Waals surface area contributed by atoms with Crippen LogP contribution in [-0.2, 0) is 12.1 Å². The Morgan fingerprint density at radius 2 is 1.17 bits per heavy atom. The largest absolute Gasteiger partial charge is 0.357 e. The molecule has 0 bridgehead atoms. The van der Waals surface area contributed by atoms with Gasteiger partial charge in [-0.25, -0.2) is 9.67 Å². The summed E-state index contributed by atoms with van der Waals surface area (Å²) in [5, 5.41) is 13.9. The van der Waals surface area contributed by atoms with Crippen LogP contribution in [0.2, 0.25) is 0 Å². The van der Waals surface area contributed by atoms with E-state index >= 15 is 0 Å². The lowest BCUT2D eigenvalue weighted by molar-refractivity contribution is 0.451. The van der Waals surface area contributed by atoms with Gasteiger partial charge in [-0.1, -0.05) is 153 Å². The van der Waals surface area contributed by atoms with Crippen molar-refractivity contribution in [2.75, 3.05) is 29.4 Å². The summed E-state index contributed by atoms with van der Waals surface area (Å²) < 4.78 is 2.00. The highest BCUT2D eigenvalue weighted by Crippen LogP contribution is 2.43. The van der Waals surface area contributed by atoms with E-state index in [1.807, 2.05) is 22.9 Å².